The van der Waals surface area contributed by atoms with Gasteiger partial charge in [-0.1, -0.05) is 46.0 Å². The second-order valence-electron chi connectivity index (χ2n) is 7.87. The van der Waals surface area contributed by atoms with Gasteiger partial charge >= 0.3 is 0 Å². The van der Waals surface area contributed by atoms with Crippen LogP contribution in [0.25, 0.3) is 0 Å². The SMILES string of the molecule is CN(CCCNC1CCCCC1(C)C)C1CCCCC1. The minimum absolute atomic E-state index is 0.507. The van der Waals surface area contributed by atoms with E-state index in [2.05, 4.69) is 31.1 Å². The molecule has 118 valence electrons. The van der Waals surface area contributed by atoms with Crippen LogP contribution in [0.2, 0.25) is 0 Å². The zero-order chi connectivity index (χ0) is 14.4. The van der Waals surface area contributed by atoms with Crippen molar-refractivity contribution in [3.63, 3.8) is 0 Å². The molecule has 0 aromatic carbocycles. The standard InChI is InChI=1S/C18H36N2/c1-18(2)13-8-7-12-17(18)19-14-9-15-20(3)16-10-5-4-6-11-16/h16-17,19H,4-15H2,1-3H3. The average molecular weight is 280 g/mol. The Morgan fingerprint density at radius 2 is 1.70 bits per heavy atom. The summed E-state index contributed by atoms with van der Waals surface area (Å²) in [5, 5.41) is 3.84. The quantitative estimate of drug-likeness (QED) is 0.734. The lowest BCUT2D eigenvalue weighted by atomic mass is 9.73. The van der Waals surface area contributed by atoms with Gasteiger partial charge in [-0.25, -0.2) is 0 Å². The fraction of sp³-hybridized carbons (Fsp3) is 1.00. The molecule has 0 bridgehead atoms. The number of hydrogen-bond acceptors (Lipinski definition) is 2. The summed E-state index contributed by atoms with van der Waals surface area (Å²) in [4.78, 5) is 2.62. The lowest BCUT2D eigenvalue weighted by Crippen LogP contribution is -2.45. The Labute approximate surface area is 126 Å². The first kappa shape index (κ1) is 16.3. The van der Waals surface area contributed by atoms with E-state index in [1.165, 1.54) is 77.3 Å². The lowest BCUT2D eigenvalue weighted by molar-refractivity contribution is 0.160. The number of rotatable bonds is 6. The van der Waals surface area contributed by atoms with Gasteiger partial charge in [0, 0.05) is 12.1 Å². The van der Waals surface area contributed by atoms with Crippen LogP contribution in [0.1, 0.15) is 78.1 Å². The van der Waals surface area contributed by atoms with Crippen molar-refractivity contribution >= 4 is 0 Å². The molecule has 2 fully saturated rings. The smallest absolute Gasteiger partial charge is 0.0118 e. The molecule has 0 aromatic rings. The highest BCUT2D eigenvalue weighted by atomic mass is 15.1. The van der Waals surface area contributed by atoms with Gasteiger partial charge in [0.15, 0.2) is 0 Å². The molecule has 0 spiro atoms. The Morgan fingerprint density at radius 1 is 1.00 bits per heavy atom. The molecule has 1 unspecified atom stereocenters. The predicted octanol–water partition coefficient (Wildman–Crippen LogP) is 4.20. The molecule has 2 aliphatic rings. The van der Waals surface area contributed by atoms with E-state index in [-0.39, 0.29) is 0 Å². The molecule has 2 aliphatic carbocycles. The molecule has 2 heteroatoms. The van der Waals surface area contributed by atoms with Crippen molar-refractivity contribution in [2.75, 3.05) is 20.1 Å². The van der Waals surface area contributed by atoms with Gasteiger partial charge in [0.25, 0.3) is 0 Å². The molecule has 0 amide bonds. The van der Waals surface area contributed by atoms with Gasteiger partial charge in [0.1, 0.15) is 0 Å². The largest absolute Gasteiger partial charge is 0.313 e. The second kappa shape index (κ2) is 7.79. The summed E-state index contributed by atoms with van der Waals surface area (Å²) in [7, 11) is 2.33. The van der Waals surface area contributed by atoms with Crippen LogP contribution in [-0.4, -0.2) is 37.1 Å². The van der Waals surface area contributed by atoms with E-state index in [0.717, 1.165) is 12.1 Å². The van der Waals surface area contributed by atoms with Gasteiger partial charge in [-0.15, -0.1) is 0 Å². The van der Waals surface area contributed by atoms with Gasteiger partial charge < -0.3 is 10.2 Å². The minimum Gasteiger partial charge on any atom is -0.313 e. The van der Waals surface area contributed by atoms with Gasteiger partial charge in [-0.2, -0.15) is 0 Å². The summed E-state index contributed by atoms with van der Waals surface area (Å²) in [6, 6.07) is 1.62. The molecular formula is C18H36N2. The monoisotopic (exact) mass is 280 g/mol. The van der Waals surface area contributed by atoms with E-state index in [1.807, 2.05) is 0 Å². The van der Waals surface area contributed by atoms with Crippen molar-refractivity contribution in [1.29, 1.82) is 0 Å². The maximum Gasteiger partial charge on any atom is 0.0118 e. The van der Waals surface area contributed by atoms with Crippen LogP contribution in [0.5, 0.6) is 0 Å². The van der Waals surface area contributed by atoms with Crippen LogP contribution in [-0.2, 0) is 0 Å². The Balaban J connectivity index is 1.60. The molecule has 0 saturated heterocycles. The third-order valence-electron chi connectivity index (χ3n) is 5.78. The van der Waals surface area contributed by atoms with Gasteiger partial charge in [0.2, 0.25) is 0 Å². The van der Waals surface area contributed by atoms with Crippen LogP contribution < -0.4 is 5.32 Å². The van der Waals surface area contributed by atoms with E-state index >= 15 is 0 Å². The molecule has 0 heterocycles. The fourth-order valence-corrected chi connectivity index (χ4v) is 4.18. The van der Waals surface area contributed by atoms with Gasteiger partial charge in [-0.3, -0.25) is 0 Å². The van der Waals surface area contributed by atoms with E-state index in [9.17, 15) is 0 Å². The molecule has 0 aliphatic heterocycles. The summed E-state index contributed by atoms with van der Waals surface area (Å²) in [6.07, 6.45) is 14.1. The molecule has 0 aromatic heterocycles. The Kier molecular flexibility index (Phi) is 6.35. The molecule has 1 atom stereocenters. The third-order valence-corrected chi connectivity index (χ3v) is 5.78. The Morgan fingerprint density at radius 3 is 2.40 bits per heavy atom. The van der Waals surface area contributed by atoms with Crippen molar-refractivity contribution in [2.24, 2.45) is 5.41 Å². The van der Waals surface area contributed by atoms with Crippen LogP contribution in [0.3, 0.4) is 0 Å². The molecule has 2 nitrogen and oxygen atoms in total. The fourth-order valence-electron chi connectivity index (χ4n) is 4.18. The highest BCUT2D eigenvalue weighted by Gasteiger charge is 2.31. The first-order valence-electron chi connectivity index (χ1n) is 9.03. The summed E-state index contributed by atoms with van der Waals surface area (Å²) in [5.74, 6) is 0. The normalized spacial score (nSPS) is 27.9. The third kappa shape index (κ3) is 4.73. The predicted molar refractivity (Wildman–Crippen MR) is 88.2 cm³/mol. The molecule has 2 saturated carbocycles. The highest BCUT2D eigenvalue weighted by molar-refractivity contribution is 4.87. The maximum absolute atomic E-state index is 3.84. The van der Waals surface area contributed by atoms with E-state index < -0.39 is 0 Å². The molecule has 1 N–H and O–H groups in total. The van der Waals surface area contributed by atoms with Crippen LogP contribution in [0.15, 0.2) is 0 Å². The number of nitrogens with one attached hydrogen (secondary N) is 1. The summed E-state index contributed by atoms with van der Waals surface area (Å²) >= 11 is 0. The zero-order valence-electron chi connectivity index (χ0n) is 14.1. The second-order valence-corrected chi connectivity index (χ2v) is 7.87. The van der Waals surface area contributed by atoms with Crippen molar-refractivity contribution in [3.8, 4) is 0 Å². The van der Waals surface area contributed by atoms with Crippen molar-refractivity contribution in [3.05, 3.63) is 0 Å². The first-order valence-corrected chi connectivity index (χ1v) is 9.03. The molecular weight excluding hydrogens is 244 g/mol. The average Bonchev–Trinajstić information content (AvgIpc) is 2.45. The summed E-state index contributed by atoms with van der Waals surface area (Å²) in [5.41, 5.74) is 0.507. The lowest BCUT2D eigenvalue weighted by Gasteiger charge is -2.39. The topological polar surface area (TPSA) is 15.3 Å². The van der Waals surface area contributed by atoms with Crippen LogP contribution in [0, 0.1) is 5.41 Å². The first-order chi connectivity index (χ1) is 9.59. The number of nitrogens with zero attached hydrogens (tertiary/aromatic N) is 1. The maximum atomic E-state index is 3.84. The Bertz CT molecular complexity index is 269. The van der Waals surface area contributed by atoms with Crippen molar-refractivity contribution < 1.29 is 0 Å². The van der Waals surface area contributed by atoms with Crippen LogP contribution in [0.4, 0.5) is 0 Å². The highest BCUT2D eigenvalue weighted by Crippen LogP contribution is 2.35. The summed E-state index contributed by atoms with van der Waals surface area (Å²) < 4.78 is 0. The number of hydrogen-bond donors (Lipinski definition) is 1. The van der Waals surface area contributed by atoms with E-state index in [4.69, 9.17) is 0 Å². The van der Waals surface area contributed by atoms with Gasteiger partial charge in [0.05, 0.1) is 0 Å². The molecule has 2 rings (SSSR count). The van der Waals surface area contributed by atoms with E-state index in [1.54, 1.807) is 0 Å². The summed E-state index contributed by atoms with van der Waals surface area (Å²) in [6.45, 7) is 7.35. The Hall–Kier alpha value is -0.0800. The molecule has 20 heavy (non-hydrogen) atoms. The van der Waals surface area contributed by atoms with Crippen molar-refractivity contribution in [2.45, 2.75) is 90.1 Å². The van der Waals surface area contributed by atoms with E-state index in [0.29, 0.717) is 5.41 Å². The van der Waals surface area contributed by atoms with Crippen LogP contribution >= 0.6 is 0 Å². The van der Waals surface area contributed by atoms with Crippen molar-refractivity contribution in [1.82, 2.24) is 10.2 Å². The zero-order valence-corrected chi connectivity index (χ0v) is 14.1. The minimum atomic E-state index is 0.507. The molecule has 0 radical (unpaired) electrons. The van der Waals surface area contributed by atoms with Gasteiger partial charge in [-0.05, 0) is 57.7 Å².